The predicted molar refractivity (Wildman–Crippen MR) is 87.8 cm³/mol. The number of carbonyl (C=O) groups excluding carboxylic acids is 1. The van der Waals surface area contributed by atoms with E-state index in [1.165, 1.54) is 0 Å². The van der Waals surface area contributed by atoms with Gasteiger partial charge in [0, 0.05) is 5.56 Å². The Kier molecular flexibility index (Phi) is 3.57. The molecule has 0 aliphatic carbocycles. The molecule has 0 saturated carbocycles. The molecule has 0 fully saturated rings. The summed E-state index contributed by atoms with van der Waals surface area (Å²) in [4.78, 5) is 17.5. The van der Waals surface area contributed by atoms with Crippen LogP contribution in [0.15, 0.2) is 53.5 Å². The maximum absolute atomic E-state index is 12.7. The molecule has 3 nitrogen and oxygen atoms in total. The summed E-state index contributed by atoms with van der Waals surface area (Å²) in [5.41, 5.74) is 3.73. The van der Waals surface area contributed by atoms with Gasteiger partial charge in [0.25, 0.3) is 0 Å². The normalized spacial score (nSPS) is 19.5. The Morgan fingerprint density at radius 2 is 1.86 bits per heavy atom. The molecular weight excluding hydrogens is 274 g/mol. The van der Waals surface area contributed by atoms with Crippen molar-refractivity contribution in [2.75, 3.05) is 6.61 Å². The summed E-state index contributed by atoms with van der Waals surface area (Å²) in [5, 5.41) is 0. The molecule has 3 rings (SSSR count). The number of benzene rings is 2. The van der Waals surface area contributed by atoms with Gasteiger partial charge in [-0.1, -0.05) is 48.5 Å². The average molecular weight is 293 g/mol. The second kappa shape index (κ2) is 5.41. The maximum atomic E-state index is 12.7. The number of carbonyl (C=O) groups is 1. The first kappa shape index (κ1) is 14.5. The van der Waals surface area contributed by atoms with Gasteiger partial charge < -0.3 is 4.74 Å². The molecule has 2 aromatic carbocycles. The highest BCUT2D eigenvalue weighted by molar-refractivity contribution is 6.23. The lowest BCUT2D eigenvalue weighted by Gasteiger charge is -2.25. The van der Waals surface area contributed by atoms with Gasteiger partial charge in [0.1, 0.15) is 5.41 Å². The third-order valence-electron chi connectivity index (χ3n) is 4.20. The molecule has 0 saturated heterocycles. The number of rotatable bonds is 3. The van der Waals surface area contributed by atoms with Crippen LogP contribution in [0.2, 0.25) is 0 Å². The summed E-state index contributed by atoms with van der Waals surface area (Å²) in [5.74, 6) is -0.248. The molecule has 1 atom stereocenters. The molecule has 0 amide bonds. The van der Waals surface area contributed by atoms with Gasteiger partial charge in [0.15, 0.2) is 0 Å². The molecule has 1 heterocycles. The summed E-state index contributed by atoms with van der Waals surface area (Å²) in [6.07, 6.45) is 0. The molecule has 3 heteroatoms. The van der Waals surface area contributed by atoms with E-state index in [0.717, 1.165) is 28.1 Å². The number of aliphatic imine (C=N–C) groups is 1. The first-order valence-electron chi connectivity index (χ1n) is 7.51. The summed E-state index contributed by atoms with van der Waals surface area (Å²) in [6.45, 7) is 6.11. The van der Waals surface area contributed by atoms with Crippen molar-refractivity contribution in [3.05, 3.63) is 65.2 Å². The fourth-order valence-electron chi connectivity index (χ4n) is 2.99. The smallest absolute Gasteiger partial charge is 0.322 e. The van der Waals surface area contributed by atoms with Crippen LogP contribution in [-0.4, -0.2) is 18.3 Å². The first-order chi connectivity index (χ1) is 10.6. The van der Waals surface area contributed by atoms with Gasteiger partial charge in [-0.05, 0) is 31.9 Å². The number of esters is 1. The number of aryl methyl sites for hydroxylation is 1. The van der Waals surface area contributed by atoms with E-state index in [4.69, 9.17) is 9.73 Å². The average Bonchev–Trinajstić information content (AvgIpc) is 2.85. The Morgan fingerprint density at radius 1 is 1.14 bits per heavy atom. The molecule has 22 heavy (non-hydrogen) atoms. The minimum Gasteiger partial charge on any atom is -0.465 e. The molecule has 1 aliphatic heterocycles. The summed E-state index contributed by atoms with van der Waals surface area (Å²) >= 11 is 0. The zero-order valence-corrected chi connectivity index (χ0v) is 13.1. The molecule has 1 unspecified atom stereocenters. The second-order valence-corrected chi connectivity index (χ2v) is 5.64. The Balaban J connectivity index is 2.22. The highest BCUT2D eigenvalue weighted by Gasteiger charge is 2.47. The van der Waals surface area contributed by atoms with Crippen LogP contribution in [0.3, 0.4) is 0 Å². The van der Waals surface area contributed by atoms with Gasteiger partial charge >= 0.3 is 5.97 Å². The van der Waals surface area contributed by atoms with Crippen molar-refractivity contribution in [1.29, 1.82) is 0 Å². The van der Waals surface area contributed by atoms with Crippen LogP contribution in [0.4, 0.5) is 5.69 Å². The van der Waals surface area contributed by atoms with Crippen LogP contribution in [0.5, 0.6) is 0 Å². The molecule has 2 aromatic rings. The van der Waals surface area contributed by atoms with Crippen LogP contribution in [0.25, 0.3) is 0 Å². The fourth-order valence-corrected chi connectivity index (χ4v) is 2.99. The molecule has 0 aromatic heterocycles. The van der Waals surface area contributed by atoms with E-state index >= 15 is 0 Å². The minimum absolute atomic E-state index is 0.248. The van der Waals surface area contributed by atoms with Gasteiger partial charge in [-0.3, -0.25) is 9.79 Å². The molecule has 0 N–H and O–H groups in total. The Labute approximate surface area is 130 Å². The minimum atomic E-state index is -0.862. The third-order valence-corrected chi connectivity index (χ3v) is 4.20. The standard InChI is InChI=1S/C19H19NO2/c1-4-22-18(21)19(3)15-12-8-9-13(2)16(15)20-17(19)14-10-6-5-7-11-14/h5-12H,4H2,1-3H3. The van der Waals surface area contributed by atoms with Crippen LogP contribution in [0.1, 0.15) is 30.5 Å². The number of nitrogens with zero attached hydrogens (tertiary/aromatic N) is 1. The topological polar surface area (TPSA) is 38.7 Å². The largest absolute Gasteiger partial charge is 0.465 e. The van der Waals surface area contributed by atoms with E-state index in [2.05, 4.69) is 0 Å². The molecular formula is C19H19NO2. The highest BCUT2D eigenvalue weighted by Crippen LogP contribution is 2.44. The van der Waals surface area contributed by atoms with Crippen LogP contribution in [0, 0.1) is 6.92 Å². The molecule has 0 bridgehead atoms. The van der Waals surface area contributed by atoms with Crippen molar-refractivity contribution in [2.24, 2.45) is 4.99 Å². The molecule has 1 aliphatic rings. The lowest BCUT2D eigenvalue weighted by Crippen LogP contribution is -2.40. The number of para-hydroxylation sites is 1. The van der Waals surface area contributed by atoms with Gasteiger partial charge in [-0.2, -0.15) is 0 Å². The van der Waals surface area contributed by atoms with Crippen molar-refractivity contribution >= 4 is 17.4 Å². The van der Waals surface area contributed by atoms with Crippen LogP contribution >= 0.6 is 0 Å². The second-order valence-electron chi connectivity index (χ2n) is 5.64. The predicted octanol–water partition coefficient (Wildman–Crippen LogP) is 3.95. The lowest BCUT2D eigenvalue weighted by molar-refractivity contribution is -0.146. The van der Waals surface area contributed by atoms with E-state index in [1.807, 2.05) is 69.3 Å². The molecule has 0 spiro atoms. The summed E-state index contributed by atoms with van der Waals surface area (Å²) in [6, 6.07) is 15.8. The monoisotopic (exact) mass is 293 g/mol. The van der Waals surface area contributed by atoms with E-state index in [9.17, 15) is 4.79 Å². The van der Waals surface area contributed by atoms with Crippen molar-refractivity contribution in [2.45, 2.75) is 26.2 Å². The zero-order chi connectivity index (χ0) is 15.7. The maximum Gasteiger partial charge on any atom is 0.322 e. The van der Waals surface area contributed by atoms with Crippen molar-refractivity contribution in [3.63, 3.8) is 0 Å². The van der Waals surface area contributed by atoms with Gasteiger partial charge in [0.05, 0.1) is 18.0 Å². The van der Waals surface area contributed by atoms with Gasteiger partial charge in [0.2, 0.25) is 0 Å². The SMILES string of the molecule is CCOC(=O)C1(C)C(c2ccccc2)=Nc2c(C)cccc21. The van der Waals surface area contributed by atoms with Crippen LogP contribution < -0.4 is 0 Å². The fraction of sp³-hybridized carbons (Fsp3) is 0.263. The zero-order valence-electron chi connectivity index (χ0n) is 13.1. The number of hydrogen-bond donors (Lipinski definition) is 0. The third kappa shape index (κ3) is 2.05. The number of fused-ring (bicyclic) bond motifs is 1. The van der Waals surface area contributed by atoms with Crippen molar-refractivity contribution < 1.29 is 9.53 Å². The first-order valence-corrected chi connectivity index (χ1v) is 7.51. The van der Waals surface area contributed by atoms with Crippen molar-refractivity contribution in [1.82, 2.24) is 0 Å². The highest BCUT2D eigenvalue weighted by atomic mass is 16.5. The van der Waals surface area contributed by atoms with E-state index in [-0.39, 0.29) is 5.97 Å². The Morgan fingerprint density at radius 3 is 2.55 bits per heavy atom. The van der Waals surface area contributed by atoms with Crippen LogP contribution in [-0.2, 0) is 14.9 Å². The summed E-state index contributed by atoms with van der Waals surface area (Å²) < 4.78 is 5.36. The lowest BCUT2D eigenvalue weighted by atomic mass is 9.76. The molecule has 0 radical (unpaired) electrons. The Bertz CT molecular complexity index is 749. The van der Waals surface area contributed by atoms with E-state index in [0.29, 0.717) is 6.61 Å². The molecule has 112 valence electrons. The van der Waals surface area contributed by atoms with E-state index < -0.39 is 5.41 Å². The summed E-state index contributed by atoms with van der Waals surface area (Å²) in [7, 11) is 0. The Hall–Kier alpha value is -2.42. The van der Waals surface area contributed by atoms with Gasteiger partial charge in [-0.25, -0.2) is 0 Å². The van der Waals surface area contributed by atoms with Gasteiger partial charge in [-0.15, -0.1) is 0 Å². The van der Waals surface area contributed by atoms with Crippen molar-refractivity contribution in [3.8, 4) is 0 Å². The number of hydrogen-bond acceptors (Lipinski definition) is 3. The van der Waals surface area contributed by atoms with E-state index in [1.54, 1.807) is 0 Å². The quantitative estimate of drug-likeness (QED) is 0.804. The number of ether oxygens (including phenoxy) is 1.